The van der Waals surface area contributed by atoms with Crippen LogP contribution in [0.5, 0.6) is 0 Å². The van der Waals surface area contributed by atoms with E-state index in [0.29, 0.717) is 18.7 Å². The standard InChI is InChI=1S/C17H25NO3/c1-3-16-12-15(9-11-21-16)18(10-8-17(19)20)14-6-4-13(2)5-7-14/h4-7,15-16H,3,8-12H2,1-2H3,(H,19,20). The van der Waals surface area contributed by atoms with Gasteiger partial charge in [0.25, 0.3) is 0 Å². The van der Waals surface area contributed by atoms with Gasteiger partial charge in [-0.05, 0) is 38.3 Å². The van der Waals surface area contributed by atoms with Crippen LogP contribution in [-0.4, -0.2) is 36.4 Å². The molecule has 116 valence electrons. The van der Waals surface area contributed by atoms with Gasteiger partial charge < -0.3 is 14.7 Å². The minimum Gasteiger partial charge on any atom is -0.481 e. The van der Waals surface area contributed by atoms with Gasteiger partial charge in [-0.25, -0.2) is 0 Å². The van der Waals surface area contributed by atoms with Gasteiger partial charge in [-0.2, -0.15) is 0 Å². The van der Waals surface area contributed by atoms with Crippen molar-refractivity contribution in [3.63, 3.8) is 0 Å². The third-order valence-electron chi connectivity index (χ3n) is 4.17. The van der Waals surface area contributed by atoms with Crippen molar-refractivity contribution in [2.24, 2.45) is 0 Å². The molecule has 1 fully saturated rings. The summed E-state index contributed by atoms with van der Waals surface area (Å²) in [5, 5.41) is 9.00. The number of rotatable bonds is 6. The summed E-state index contributed by atoms with van der Waals surface area (Å²) in [5.74, 6) is -0.744. The summed E-state index contributed by atoms with van der Waals surface area (Å²) in [4.78, 5) is 13.2. The molecule has 1 aliphatic rings. The molecule has 0 spiro atoms. The number of aliphatic carboxylic acids is 1. The van der Waals surface area contributed by atoms with E-state index in [0.717, 1.165) is 31.6 Å². The number of nitrogens with zero attached hydrogens (tertiary/aromatic N) is 1. The molecule has 0 aliphatic carbocycles. The van der Waals surface area contributed by atoms with Crippen LogP contribution < -0.4 is 4.90 Å². The first kappa shape index (κ1) is 15.8. The number of hydrogen-bond donors (Lipinski definition) is 1. The smallest absolute Gasteiger partial charge is 0.305 e. The second-order valence-electron chi connectivity index (χ2n) is 5.75. The Morgan fingerprint density at radius 1 is 1.38 bits per heavy atom. The zero-order chi connectivity index (χ0) is 15.2. The summed E-state index contributed by atoms with van der Waals surface area (Å²) >= 11 is 0. The average molecular weight is 291 g/mol. The lowest BCUT2D eigenvalue weighted by atomic mass is 9.99. The summed E-state index contributed by atoms with van der Waals surface area (Å²) in [6.45, 7) is 5.52. The minimum absolute atomic E-state index is 0.169. The highest BCUT2D eigenvalue weighted by molar-refractivity contribution is 5.67. The van der Waals surface area contributed by atoms with Crippen LogP contribution in [0, 0.1) is 6.92 Å². The van der Waals surface area contributed by atoms with Crippen molar-refractivity contribution >= 4 is 11.7 Å². The van der Waals surface area contributed by atoms with E-state index in [9.17, 15) is 4.79 Å². The predicted octanol–water partition coefficient (Wildman–Crippen LogP) is 3.23. The Morgan fingerprint density at radius 2 is 2.10 bits per heavy atom. The maximum Gasteiger partial charge on any atom is 0.305 e. The van der Waals surface area contributed by atoms with Gasteiger partial charge in [0.1, 0.15) is 0 Å². The lowest BCUT2D eigenvalue weighted by molar-refractivity contribution is -0.136. The molecule has 0 amide bonds. The van der Waals surface area contributed by atoms with Gasteiger partial charge in [0.2, 0.25) is 0 Å². The third-order valence-corrected chi connectivity index (χ3v) is 4.17. The quantitative estimate of drug-likeness (QED) is 0.874. The molecule has 2 rings (SSSR count). The maximum absolute atomic E-state index is 10.9. The number of carboxylic acid groups (broad SMARTS) is 1. The van der Waals surface area contributed by atoms with Crippen molar-refractivity contribution in [1.29, 1.82) is 0 Å². The van der Waals surface area contributed by atoms with Crippen LogP contribution in [-0.2, 0) is 9.53 Å². The molecular weight excluding hydrogens is 266 g/mol. The molecule has 1 aromatic rings. The number of hydrogen-bond acceptors (Lipinski definition) is 3. The van der Waals surface area contributed by atoms with Crippen molar-refractivity contribution in [3.8, 4) is 0 Å². The Morgan fingerprint density at radius 3 is 2.71 bits per heavy atom. The van der Waals surface area contributed by atoms with Crippen molar-refractivity contribution < 1.29 is 14.6 Å². The van der Waals surface area contributed by atoms with Crippen molar-refractivity contribution in [2.75, 3.05) is 18.1 Å². The molecule has 0 radical (unpaired) electrons. The van der Waals surface area contributed by atoms with Crippen LogP contribution in [0.2, 0.25) is 0 Å². The summed E-state index contributed by atoms with van der Waals surface area (Å²) in [5.41, 5.74) is 2.33. The van der Waals surface area contributed by atoms with Crippen LogP contribution >= 0.6 is 0 Å². The number of ether oxygens (including phenoxy) is 1. The highest BCUT2D eigenvalue weighted by Gasteiger charge is 2.27. The first-order chi connectivity index (χ1) is 10.1. The third kappa shape index (κ3) is 4.46. The molecule has 0 saturated carbocycles. The normalized spacial score (nSPS) is 22.0. The second-order valence-corrected chi connectivity index (χ2v) is 5.75. The first-order valence-electron chi connectivity index (χ1n) is 7.77. The molecule has 0 aromatic heterocycles. The van der Waals surface area contributed by atoms with Gasteiger partial charge in [-0.3, -0.25) is 4.79 Å². The molecule has 1 aliphatic heterocycles. The number of carboxylic acids is 1. The summed E-state index contributed by atoms with van der Waals surface area (Å²) in [7, 11) is 0. The Labute approximate surface area is 126 Å². The Bertz CT molecular complexity index is 458. The van der Waals surface area contributed by atoms with E-state index in [2.05, 4.69) is 43.0 Å². The van der Waals surface area contributed by atoms with Crippen LogP contribution in [0.25, 0.3) is 0 Å². The lowest BCUT2D eigenvalue weighted by Gasteiger charge is -2.38. The Kier molecular flexibility index (Phi) is 5.62. The van der Waals surface area contributed by atoms with Crippen LogP contribution in [0.3, 0.4) is 0 Å². The molecule has 21 heavy (non-hydrogen) atoms. The van der Waals surface area contributed by atoms with E-state index < -0.39 is 5.97 Å². The predicted molar refractivity (Wildman–Crippen MR) is 83.8 cm³/mol. The fraction of sp³-hybridized carbons (Fsp3) is 0.588. The monoisotopic (exact) mass is 291 g/mol. The minimum atomic E-state index is -0.744. The summed E-state index contributed by atoms with van der Waals surface area (Å²) in [6.07, 6.45) is 3.41. The van der Waals surface area contributed by atoms with Crippen LogP contribution in [0.1, 0.15) is 38.2 Å². The SMILES string of the molecule is CCC1CC(N(CCC(=O)O)c2ccc(C)cc2)CCO1. The molecule has 0 bridgehead atoms. The van der Waals surface area contributed by atoms with Gasteiger partial charge in [-0.15, -0.1) is 0 Å². The van der Waals surface area contributed by atoms with Gasteiger partial charge in [0.05, 0.1) is 12.5 Å². The molecule has 1 aromatic carbocycles. The van der Waals surface area contributed by atoms with Crippen molar-refractivity contribution in [3.05, 3.63) is 29.8 Å². The van der Waals surface area contributed by atoms with Crippen LogP contribution in [0.4, 0.5) is 5.69 Å². The van der Waals surface area contributed by atoms with E-state index in [-0.39, 0.29) is 6.42 Å². The number of carbonyl (C=O) groups is 1. The Balaban J connectivity index is 2.14. The molecule has 1 heterocycles. The second kappa shape index (κ2) is 7.46. The summed E-state index contributed by atoms with van der Waals surface area (Å²) < 4.78 is 5.75. The number of anilines is 1. The molecule has 1 N–H and O–H groups in total. The van der Waals surface area contributed by atoms with E-state index in [1.165, 1.54) is 5.56 Å². The lowest BCUT2D eigenvalue weighted by Crippen LogP contribution is -2.43. The summed E-state index contributed by atoms with van der Waals surface area (Å²) in [6, 6.07) is 8.71. The fourth-order valence-electron chi connectivity index (χ4n) is 2.90. The molecule has 1 saturated heterocycles. The molecule has 2 unspecified atom stereocenters. The van der Waals surface area contributed by atoms with Gasteiger partial charge in [0.15, 0.2) is 0 Å². The molecule has 4 heteroatoms. The molecular formula is C17H25NO3. The first-order valence-corrected chi connectivity index (χ1v) is 7.77. The fourth-order valence-corrected chi connectivity index (χ4v) is 2.90. The maximum atomic E-state index is 10.9. The van der Waals surface area contributed by atoms with Crippen LogP contribution in [0.15, 0.2) is 24.3 Å². The van der Waals surface area contributed by atoms with E-state index in [1.807, 2.05) is 0 Å². The average Bonchev–Trinajstić information content (AvgIpc) is 2.49. The van der Waals surface area contributed by atoms with E-state index in [4.69, 9.17) is 9.84 Å². The highest BCUT2D eigenvalue weighted by Crippen LogP contribution is 2.26. The van der Waals surface area contributed by atoms with Gasteiger partial charge >= 0.3 is 5.97 Å². The topological polar surface area (TPSA) is 49.8 Å². The number of aryl methyl sites for hydroxylation is 1. The van der Waals surface area contributed by atoms with Crippen molar-refractivity contribution in [1.82, 2.24) is 0 Å². The van der Waals surface area contributed by atoms with Gasteiger partial charge in [0, 0.05) is 24.9 Å². The molecule has 2 atom stereocenters. The van der Waals surface area contributed by atoms with Crippen molar-refractivity contribution in [2.45, 2.75) is 51.7 Å². The van der Waals surface area contributed by atoms with E-state index in [1.54, 1.807) is 0 Å². The zero-order valence-corrected chi connectivity index (χ0v) is 12.9. The Hall–Kier alpha value is -1.55. The largest absolute Gasteiger partial charge is 0.481 e. The van der Waals surface area contributed by atoms with Gasteiger partial charge in [-0.1, -0.05) is 24.6 Å². The highest BCUT2D eigenvalue weighted by atomic mass is 16.5. The van der Waals surface area contributed by atoms with E-state index >= 15 is 0 Å². The molecule has 4 nitrogen and oxygen atoms in total. The zero-order valence-electron chi connectivity index (χ0n) is 12.9. The number of benzene rings is 1.